The summed E-state index contributed by atoms with van der Waals surface area (Å²) in [6.45, 7) is 3.36. The summed E-state index contributed by atoms with van der Waals surface area (Å²) in [5.41, 5.74) is 7.19. The average molecular weight is 284 g/mol. The summed E-state index contributed by atoms with van der Waals surface area (Å²) in [7, 11) is 0. The molecule has 3 nitrogen and oxygen atoms in total. The summed E-state index contributed by atoms with van der Waals surface area (Å²) in [4.78, 5) is 0. The van der Waals surface area contributed by atoms with Gasteiger partial charge in [-0.1, -0.05) is 44.2 Å². The molecule has 2 rings (SSSR count). The van der Waals surface area contributed by atoms with E-state index in [4.69, 9.17) is 26.8 Å². The summed E-state index contributed by atoms with van der Waals surface area (Å²) in [6, 6.07) is 3.72. The van der Waals surface area contributed by atoms with Crippen LogP contribution in [-0.2, 0) is 0 Å². The Balaban J connectivity index is 2.02. The zero-order valence-corrected chi connectivity index (χ0v) is 12.2. The van der Waals surface area contributed by atoms with Gasteiger partial charge in [-0.2, -0.15) is 0 Å². The van der Waals surface area contributed by atoms with Gasteiger partial charge in [0, 0.05) is 17.1 Å². The van der Waals surface area contributed by atoms with Gasteiger partial charge in [0.25, 0.3) is 0 Å². The Hall–Kier alpha value is -0.930. The van der Waals surface area contributed by atoms with Crippen LogP contribution in [0.15, 0.2) is 12.1 Å². The van der Waals surface area contributed by atoms with E-state index in [1.165, 1.54) is 19.3 Å². The third-order valence-electron chi connectivity index (χ3n) is 3.43. The van der Waals surface area contributed by atoms with Crippen molar-refractivity contribution in [2.45, 2.75) is 45.1 Å². The van der Waals surface area contributed by atoms with Crippen LogP contribution in [0.2, 0.25) is 5.02 Å². The van der Waals surface area contributed by atoms with Crippen molar-refractivity contribution in [3.63, 3.8) is 0 Å². The van der Waals surface area contributed by atoms with E-state index < -0.39 is 0 Å². The second kappa shape index (κ2) is 7.01. The minimum Gasteiger partial charge on any atom is -0.486 e. The number of rotatable bonds is 6. The molecule has 0 amide bonds. The third kappa shape index (κ3) is 3.77. The van der Waals surface area contributed by atoms with Crippen molar-refractivity contribution >= 4 is 11.6 Å². The van der Waals surface area contributed by atoms with Crippen LogP contribution in [0.5, 0.6) is 11.5 Å². The highest BCUT2D eigenvalue weighted by Gasteiger charge is 2.18. The van der Waals surface area contributed by atoms with Gasteiger partial charge in [-0.3, -0.25) is 0 Å². The van der Waals surface area contributed by atoms with Gasteiger partial charge in [-0.25, -0.2) is 0 Å². The fourth-order valence-corrected chi connectivity index (χ4v) is 2.60. The summed E-state index contributed by atoms with van der Waals surface area (Å²) >= 11 is 6.28. The second-order valence-electron chi connectivity index (χ2n) is 4.97. The lowest BCUT2D eigenvalue weighted by Gasteiger charge is -2.21. The van der Waals surface area contributed by atoms with Crippen LogP contribution in [0.1, 0.15) is 50.6 Å². The zero-order chi connectivity index (χ0) is 13.7. The molecule has 2 N–H and O–H groups in total. The molecule has 4 heteroatoms. The van der Waals surface area contributed by atoms with Gasteiger partial charge in [-0.05, 0) is 18.1 Å². The van der Waals surface area contributed by atoms with E-state index in [-0.39, 0.29) is 6.04 Å². The highest BCUT2D eigenvalue weighted by molar-refractivity contribution is 6.31. The Morgan fingerprint density at radius 2 is 1.84 bits per heavy atom. The topological polar surface area (TPSA) is 44.5 Å². The molecule has 0 spiro atoms. The third-order valence-corrected chi connectivity index (χ3v) is 3.76. The number of nitrogens with two attached hydrogens (primary N) is 1. The first-order valence-electron chi connectivity index (χ1n) is 7.07. The molecule has 1 heterocycles. The van der Waals surface area contributed by atoms with Crippen molar-refractivity contribution in [2.75, 3.05) is 13.2 Å². The summed E-state index contributed by atoms with van der Waals surface area (Å²) in [6.07, 6.45) is 5.83. The number of fused-ring (bicyclic) bond motifs is 1. The highest BCUT2D eigenvalue weighted by Crippen LogP contribution is 2.38. The molecule has 19 heavy (non-hydrogen) atoms. The van der Waals surface area contributed by atoms with Crippen LogP contribution in [-0.4, -0.2) is 13.2 Å². The molecule has 106 valence electrons. The van der Waals surface area contributed by atoms with Crippen molar-refractivity contribution in [3.05, 3.63) is 22.7 Å². The van der Waals surface area contributed by atoms with Gasteiger partial charge >= 0.3 is 0 Å². The molecule has 0 aromatic heterocycles. The molecule has 1 aromatic rings. The predicted molar refractivity (Wildman–Crippen MR) is 78.1 cm³/mol. The number of unbranched alkanes of at least 4 members (excludes halogenated alkanes) is 3. The van der Waals surface area contributed by atoms with Crippen LogP contribution in [0.25, 0.3) is 0 Å². The fourth-order valence-electron chi connectivity index (χ4n) is 2.31. The fraction of sp³-hybridized carbons (Fsp3) is 0.600. The molecule has 1 atom stereocenters. The number of ether oxygens (including phenoxy) is 2. The standard InChI is InChI=1S/C15H22ClNO2/c1-2-3-4-5-6-13(17)11-9-14-15(10-12(11)16)19-8-7-18-14/h9-10,13H,2-8,17H2,1H3. The first-order valence-corrected chi connectivity index (χ1v) is 7.44. The molecule has 1 aliphatic heterocycles. The number of benzene rings is 1. The van der Waals surface area contributed by atoms with Crippen molar-refractivity contribution < 1.29 is 9.47 Å². The van der Waals surface area contributed by atoms with Crippen LogP contribution in [0.3, 0.4) is 0 Å². The molecule has 0 radical (unpaired) electrons. The van der Waals surface area contributed by atoms with Crippen LogP contribution in [0.4, 0.5) is 0 Å². The summed E-state index contributed by atoms with van der Waals surface area (Å²) in [5.74, 6) is 1.48. The monoisotopic (exact) mass is 283 g/mol. The maximum absolute atomic E-state index is 6.28. The molecule has 1 aromatic carbocycles. The second-order valence-corrected chi connectivity index (χ2v) is 5.38. The Morgan fingerprint density at radius 3 is 2.53 bits per heavy atom. The van der Waals surface area contributed by atoms with Crippen LogP contribution >= 0.6 is 11.6 Å². The lowest BCUT2D eigenvalue weighted by atomic mass is 10.00. The van der Waals surface area contributed by atoms with E-state index in [1.54, 1.807) is 0 Å². The van der Waals surface area contributed by atoms with Gasteiger partial charge in [0.05, 0.1) is 0 Å². The van der Waals surface area contributed by atoms with E-state index in [0.29, 0.717) is 18.2 Å². The molecule has 0 fully saturated rings. The molecule has 0 saturated carbocycles. The van der Waals surface area contributed by atoms with Crippen molar-refractivity contribution in [2.24, 2.45) is 5.73 Å². The van der Waals surface area contributed by atoms with Gasteiger partial charge in [-0.15, -0.1) is 0 Å². The van der Waals surface area contributed by atoms with Crippen molar-refractivity contribution in [3.8, 4) is 11.5 Å². The Bertz CT molecular complexity index is 423. The normalized spacial score (nSPS) is 15.3. The molecule has 1 aliphatic rings. The molecule has 0 saturated heterocycles. The first-order chi connectivity index (χ1) is 9.22. The Morgan fingerprint density at radius 1 is 1.16 bits per heavy atom. The van der Waals surface area contributed by atoms with Gasteiger partial charge in [0.15, 0.2) is 11.5 Å². The maximum Gasteiger partial charge on any atom is 0.162 e. The van der Waals surface area contributed by atoms with E-state index >= 15 is 0 Å². The SMILES string of the molecule is CCCCCCC(N)c1cc2c(cc1Cl)OCCO2. The van der Waals surface area contributed by atoms with E-state index in [9.17, 15) is 0 Å². The maximum atomic E-state index is 6.28. The lowest BCUT2D eigenvalue weighted by molar-refractivity contribution is 0.171. The van der Waals surface area contributed by atoms with Crippen LogP contribution < -0.4 is 15.2 Å². The number of hydrogen-bond donors (Lipinski definition) is 1. The minimum atomic E-state index is -0.0276. The zero-order valence-electron chi connectivity index (χ0n) is 11.5. The van der Waals surface area contributed by atoms with Gasteiger partial charge in [0.2, 0.25) is 0 Å². The largest absolute Gasteiger partial charge is 0.486 e. The summed E-state index contributed by atoms with van der Waals surface area (Å²) < 4.78 is 11.1. The predicted octanol–water partition coefficient (Wildman–Crippen LogP) is 4.08. The van der Waals surface area contributed by atoms with E-state index in [1.807, 2.05) is 12.1 Å². The molecule has 1 unspecified atom stereocenters. The summed E-state index contributed by atoms with van der Waals surface area (Å²) in [5, 5.41) is 0.673. The Labute approximate surface area is 120 Å². The highest BCUT2D eigenvalue weighted by atomic mass is 35.5. The molecule has 0 bridgehead atoms. The number of hydrogen-bond acceptors (Lipinski definition) is 3. The smallest absolute Gasteiger partial charge is 0.162 e. The minimum absolute atomic E-state index is 0.0276. The first kappa shape index (κ1) is 14.5. The average Bonchev–Trinajstić information content (AvgIpc) is 2.42. The molecular weight excluding hydrogens is 262 g/mol. The van der Waals surface area contributed by atoms with Crippen LogP contribution in [0, 0.1) is 0 Å². The van der Waals surface area contributed by atoms with E-state index in [2.05, 4.69) is 6.92 Å². The van der Waals surface area contributed by atoms with Gasteiger partial charge in [0.1, 0.15) is 13.2 Å². The quantitative estimate of drug-likeness (QED) is 0.800. The van der Waals surface area contributed by atoms with Crippen molar-refractivity contribution in [1.29, 1.82) is 0 Å². The van der Waals surface area contributed by atoms with Gasteiger partial charge < -0.3 is 15.2 Å². The van der Waals surface area contributed by atoms with E-state index in [0.717, 1.165) is 29.9 Å². The lowest BCUT2D eigenvalue weighted by Crippen LogP contribution is -2.17. The number of halogens is 1. The van der Waals surface area contributed by atoms with Crippen molar-refractivity contribution in [1.82, 2.24) is 0 Å². The molecule has 0 aliphatic carbocycles. The molecular formula is C15H22ClNO2. The Kier molecular flexibility index (Phi) is 5.34.